The molecule has 0 aromatic heterocycles. The lowest BCUT2D eigenvalue weighted by molar-refractivity contribution is -0.917. The predicted molar refractivity (Wildman–Crippen MR) is 94.5 cm³/mol. The Morgan fingerprint density at radius 3 is 2.46 bits per heavy atom. The third-order valence-electron chi connectivity index (χ3n) is 4.80. The van der Waals surface area contributed by atoms with E-state index in [9.17, 15) is 4.79 Å². The summed E-state index contributed by atoms with van der Waals surface area (Å²) in [4.78, 5) is 16.2. The van der Waals surface area contributed by atoms with E-state index < -0.39 is 0 Å². The molecule has 4 heteroatoms. The Morgan fingerprint density at radius 1 is 1.08 bits per heavy atom. The van der Waals surface area contributed by atoms with Gasteiger partial charge in [0, 0.05) is 5.56 Å². The van der Waals surface area contributed by atoms with Gasteiger partial charge >= 0.3 is 0 Å². The van der Waals surface area contributed by atoms with Crippen molar-refractivity contribution in [1.82, 2.24) is 4.90 Å². The predicted octanol–water partition coefficient (Wildman–Crippen LogP) is 1.54. The van der Waals surface area contributed by atoms with Crippen LogP contribution < -0.4 is 9.64 Å². The summed E-state index contributed by atoms with van der Waals surface area (Å²) < 4.78 is 5.32. The van der Waals surface area contributed by atoms with Crippen LogP contribution in [-0.4, -0.2) is 44.1 Å². The van der Waals surface area contributed by atoms with Crippen molar-refractivity contribution >= 4 is 5.91 Å². The Labute approximate surface area is 143 Å². The van der Waals surface area contributed by atoms with Gasteiger partial charge in [-0.2, -0.15) is 0 Å². The van der Waals surface area contributed by atoms with Crippen LogP contribution in [0.3, 0.4) is 0 Å². The lowest BCUT2D eigenvalue weighted by atomic mass is 10.1. The second kappa shape index (κ2) is 7.49. The third-order valence-corrected chi connectivity index (χ3v) is 4.80. The van der Waals surface area contributed by atoms with E-state index >= 15 is 0 Å². The molecular weight excluding hydrogens is 300 g/mol. The molecule has 3 rings (SSSR count). The highest BCUT2D eigenvalue weighted by molar-refractivity contribution is 5.97. The first-order valence-corrected chi connectivity index (χ1v) is 8.49. The second-order valence-corrected chi connectivity index (χ2v) is 6.35. The van der Waals surface area contributed by atoms with Crippen molar-refractivity contribution in [3.8, 4) is 5.75 Å². The molecular formula is C20H25N2O2+. The molecule has 1 heterocycles. The van der Waals surface area contributed by atoms with Crippen LogP contribution in [0.25, 0.3) is 0 Å². The molecule has 0 atom stereocenters. The van der Waals surface area contributed by atoms with Crippen LogP contribution in [0, 0.1) is 6.92 Å². The highest BCUT2D eigenvalue weighted by Crippen LogP contribution is 2.19. The number of amides is 1. The molecule has 0 spiro atoms. The molecule has 4 nitrogen and oxygen atoms in total. The minimum Gasteiger partial charge on any atom is -0.496 e. The molecule has 24 heavy (non-hydrogen) atoms. The van der Waals surface area contributed by atoms with Crippen molar-refractivity contribution in [3.05, 3.63) is 65.2 Å². The van der Waals surface area contributed by atoms with E-state index in [0.29, 0.717) is 11.3 Å². The van der Waals surface area contributed by atoms with Crippen molar-refractivity contribution in [1.29, 1.82) is 0 Å². The van der Waals surface area contributed by atoms with E-state index in [4.69, 9.17) is 4.74 Å². The van der Waals surface area contributed by atoms with E-state index in [0.717, 1.165) is 32.7 Å². The molecule has 1 fully saturated rings. The Balaban J connectivity index is 1.61. The first-order chi connectivity index (χ1) is 11.7. The molecule has 126 valence electrons. The van der Waals surface area contributed by atoms with Gasteiger partial charge in [-0.15, -0.1) is 0 Å². The van der Waals surface area contributed by atoms with Gasteiger partial charge in [-0.05, 0) is 24.6 Å². The minimum atomic E-state index is 0.0717. The molecule has 2 aromatic carbocycles. The fraction of sp³-hybridized carbons (Fsp3) is 0.350. The Morgan fingerprint density at radius 2 is 1.75 bits per heavy atom. The van der Waals surface area contributed by atoms with Gasteiger partial charge < -0.3 is 14.5 Å². The van der Waals surface area contributed by atoms with Crippen LogP contribution in [0.4, 0.5) is 0 Å². The van der Waals surface area contributed by atoms with E-state index in [1.54, 1.807) is 7.11 Å². The SMILES string of the molecule is COc1ccccc1C(=O)N1CC[NH+](Cc2ccccc2C)CC1. The summed E-state index contributed by atoms with van der Waals surface area (Å²) in [5.41, 5.74) is 3.40. The average Bonchev–Trinajstić information content (AvgIpc) is 2.63. The molecule has 1 aliphatic heterocycles. The zero-order valence-corrected chi connectivity index (χ0v) is 14.4. The number of quaternary nitrogens is 1. The Kier molecular flexibility index (Phi) is 5.16. The fourth-order valence-electron chi connectivity index (χ4n) is 3.27. The van der Waals surface area contributed by atoms with Crippen LogP contribution in [0.15, 0.2) is 48.5 Å². The largest absolute Gasteiger partial charge is 0.496 e. The van der Waals surface area contributed by atoms with Gasteiger partial charge in [-0.1, -0.05) is 36.4 Å². The molecule has 0 saturated carbocycles. The summed E-state index contributed by atoms with van der Waals surface area (Å²) in [5.74, 6) is 0.722. The Bertz CT molecular complexity index is 706. The average molecular weight is 325 g/mol. The van der Waals surface area contributed by atoms with Gasteiger partial charge in [-0.25, -0.2) is 0 Å². The highest BCUT2D eigenvalue weighted by Gasteiger charge is 2.26. The van der Waals surface area contributed by atoms with Gasteiger partial charge in [0.1, 0.15) is 12.3 Å². The van der Waals surface area contributed by atoms with Crippen LogP contribution in [-0.2, 0) is 6.54 Å². The summed E-state index contributed by atoms with van der Waals surface area (Å²) in [6.07, 6.45) is 0. The zero-order chi connectivity index (χ0) is 16.9. The van der Waals surface area contributed by atoms with Crippen molar-refractivity contribution in [2.45, 2.75) is 13.5 Å². The van der Waals surface area contributed by atoms with Crippen LogP contribution in [0.5, 0.6) is 5.75 Å². The van der Waals surface area contributed by atoms with Crippen molar-refractivity contribution in [2.75, 3.05) is 33.3 Å². The quantitative estimate of drug-likeness (QED) is 0.925. The number of carbonyl (C=O) groups is 1. The maximum Gasteiger partial charge on any atom is 0.258 e. The maximum atomic E-state index is 12.7. The molecule has 0 unspecified atom stereocenters. The normalized spacial score (nSPS) is 15.3. The number of nitrogens with one attached hydrogen (secondary N) is 1. The second-order valence-electron chi connectivity index (χ2n) is 6.35. The van der Waals surface area contributed by atoms with Crippen LogP contribution in [0.1, 0.15) is 21.5 Å². The number of rotatable bonds is 4. The summed E-state index contributed by atoms with van der Waals surface area (Å²) in [7, 11) is 1.61. The molecule has 2 aromatic rings. The van der Waals surface area contributed by atoms with E-state index in [1.807, 2.05) is 29.2 Å². The number of para-hydroxylation sites is 1. The lowest BCUT2D eigenvalue weighted by Crippen LogP contribution is -3.13. The number of benzene rings is 2. The number of piperazine rings is 1. The monoisotopic (exact) mass is 325 g/mol. The molecule has 0 radical (unpaired) electrons. The molecule has 1 amide bonds. The van der Waals surface area contributed by atoms with Crippen LogP contribution in [0.2, 0.25) is 0 Å². The van der Waals surface area contributed by atoms with Gasteiger partial charge in [0.2, 0.25) is 0 Å². The van der Waals surface area contributed by atoms with E-state index in [-0.39, 0.29) is 5.91 Å². The van der Waals surface area contributed by atoms with Crippen molar-refractivity contribution < 1.29 is 14.4 Å². The first-order valence-electron chi connectivity index (χ1n) is 8.49. The molecule has 1 saturated heterocycles. The smallest absolute Gasteiger partial charge is 0.258 e. The van der Waals surface area contributed by atoms with Crippen molar-refractivity contribution in [2.24, 2.45) is 0 Å². The van der Waals surface area contributed by atoms with Crippen LogP contribution >= 0.6 is 0 Å². The van der Waals surface area contributed by atoms with Gasteiger partial charge in [0.15, 0.2) is 0 Å². The standard InChI is InChI=1S/C20H24N2O2/c1-16-7-3-4-8-17(16)15-21-11-13-22(14-12-21)20(23)18-9-5-6-10-19(18)24-2/h3-10H,11-15H2,1-2H3/p+1. The fourth-order valence-corrected chi connectivity index (χ4v) is 3.27. The highest BCUT2D eigenvalue weighted by atomic mass is 16.5. The number of carbonyl (C=O) groups excluding carboxylic acids is 1. The number of hydrogen-bond acceptors (Lipinski definition) is 2. The summed E-state index contributed by atoms with van der Waals surface area (Å²) in [6, 6.07) is 16.0. The minimum absolute atomic E-state index is 0.0717. The van der Waals surface area contributed by atoms with Gasteiger partial charge in [0.25, 0.3) is 5.91 Å². The summed E-state index contributed by atoms with van der Waals surface area (Å²) >= 11 is 0. The maximum absolute atomic E-state index is 12.7. The molecule has 0 bridgehead atoms. The number of nitrogens with zero attached hydrogens (tertiary/aromatic N) is 1. The molecule has 1 aliphatic rings. The number of ether oxygens (including phenoxy) is 1. The number of hydrogen-bond donors (Lipinski definition) is 1. The third kappa shape index (κ3) is 3.60. The van der Waals surface area contributed by atoms with Crippen molar-refractivity contribution in [3.63, 3.8) is 0 Å². The summed E-state index contributed by atoms with van der Waals surface area (Å²) in [5, 5.41) is 0. The zero-order valence-electron chi connectivity index (χ0n) is 14.4. The summed E-state index contributed by atoms with van der Waals surface area (Å²) in [6.45, 7) is 6.74. The first kappa shape index (κ1) is 16.5. The lowest BCUT2D eigenvalue weighted by Gasteiger charge is -2.32. The van der Waals surface area contributed by atoms with Gasteiger partial charge in [-0.3, -0.25) is 4.79 Å². The van der Waals surface area contributed by atoms with E-state index in [1.165, 1.54) is 16.0 Å². The molecule has 1 N–H and O–H groups in total. The van der Waals surface area contributed by atoms with E-state index in [2.05, 4.69) is 31.2 Å². The topological polar surface area (TPSA) is 34.0 Å². The Hall–Kier alpha value is -2.33. The number of methoxy groups -OCH3 is 1. The molecule has 0 aliphatic carbocycles. The van der Waals surface area contributed by atoms with Gasteiger partial charge in [0.05, 0.1) is 38.9 Å². The number of aryl methyl sites for hydroxylation is 1.